The number of amides is 1. The molecule has 28 heavy (non-hydrogen) atoms. The standard InChI is InChI=1S/C20H18N4O3S/c1-28(26,27)13-19-22-16-8-4-5-9-17(16)24(19)12-20(25)23-18-11-10-14-6-2-3-7-15(14)21-18/h2-11H,12-13H2,1H3,(H,21,23,25). The molecule has 1 amide bonds. The number of imidazole rings is 1. The summed E-state index contributed by atoms with van der Waals surface area (Å²) in [6.07, 6.45) is 1.15. The van der Waals surface area contributed by atoms with Gasteiger partial charge in [-0.15, -0.1) is 0 Å². The van der Waals surface area contributed by atoms with Crippen molar-refractivity contribution in [2.45, 2.75) is 12.3 Å². The number of anilines is 1. The van der Waals surface area contributed by atoms with E-state index in [1.807, 2.05) is 48.5 Å². The summed E-state index contributed by atoms with van der Waals surface area (Å²) in [6.45, 7) is -0.0557. The Bertz CT molecular complexity index is 1300. The van der Waals surface area contributed by atoms with Crippen LogP contribution in [0.15, 0.2) is 60.7 Å². The van der Waals surface area contributed by atoms with E-state index in [0.717, 1.165) is 17.2 Å². The fourth-order valence-corrected chi connectivity index (χ4v) is 3.80. The number of rotatable bonds is 5. The molecule has 2 heterocycles. The molecule has 0 aliphatic heterocycles. The average molecular weight is 394 g/mol. The number of aromatic nitrogens is 3. The van der Waals surface area contributed by atoms with Crippen molar-refractivity contribution in [3.8, 4) is 0 Å². The highest BCUT2D eigenvalue weighted by atomic mass is 32.2. The van der Waals surface area contributed by atoms with E-state index in [1.54, 1.807) is 16.7 Å². The second-order valence-electron chi connectivity index (χ2n) is 6.61. The van der Waals surface area contributed by atoms with Crippen LogP contribution in [0.5, 0.6) is 0 Å². The van der Waals surface area contributed by atoms with Crippen LogP contribution >= 0.6 is 0 Å². The van der Waals surface area contributed by atoms with Gasteiger partial charge in [0.2, 0.25) is 5.91 Å². The lowest BCUT2D eigenvalue weighted by molar-refractivity contribution is -0.116. The van der Waals surface area contributed by atoms with Crippen LogP contribution in [0.4, 0.5) is 5.82 Å². The fourth-order valence-electron chi connectivity index (χ4n) is 3.11. The lowest BCUT2D eigenvalue weighted by Crippen LogP contribution is -2.21. The Labute approximate surface area is 162 Å². The van der Waals surface area contributed by atoms with E-state index < -0.39 is 9.84 Å². The van der Waals surface area contributed by atoms with Gasteiger partial charge in [0.25, 0.3) is 0 Å². The van der Waals surface area contributed by atoms with Gasteiger partial charge in [0.15, 0.2) is 9.84 Å². The number of pyridine rings is 1. The van der Waals surface area contributed by atoms with Crippen LogP contribution in [0.3, 0.4) is 0 Å². The predicted molar refractivity (Wildman–Crippen MR) is 109 cm³/mol. The number of carbonyl (C=O) groups excluding carboxylic acids is 1. The third-order valence-corrected chi connectivity index (χ3v) is 5.08. The molecule has 8 heteroatoms. The number of benzene rings is 2. The molecule has 0 saturated carbocycles. The molecule has 0 bridgehead atoms. The topological polar surface area (TPSA) is 94.0 Å². The largest absolute Gasteiger partial charge is 0.318 e. The molecule has 4 aromatic rings. The molecular weight excluding hydrogens is 376 g/mol. The van der Waals surface area contributed by atoms with E-state index in [4.69, 9.17) is 0 Å². The van der Waals surface area contributed by atoms with E-state index in [1.165, 1.54) is 0 Å². The zero-order valence-electron chi connectivity index (χ0n) is 15.2. The molecule has 0 atom stereocenters. The summed E-state index contributed by atoms with van der Waals surface area (Å²) >= 11 is 0. The summed E-state index contributed by atoms with van der Waals surface area (Å²) in [6, 6.07) is 18.5. The number of para-hydroxylation sites is 3. The summed E-state index contributed by atoms with van der Waals surface area (Å²) in [5.74, 6) is 0.243. The SMILES string of the molecule is CS(=O)(=O)Cc1nc2ccccc2n1CC(=O)Nc1ccc2ccccc2n1. The molecule has 2 aromatic carbocycles. The minimum absolute atomic E-state index is 0.0557. The number of nitrogens with one attached hydrogen (secondary N) is 1. The summed E-state index contributed by atoms with van der Waals surface area (Å²) < 4.78 is 25.2. The molecule has 1 N–H and O–H groups in total. The number of nitrogens with zero attached hydrogens (tertiary/aromatic N) is 3. The molecule has 7 nitrogen and oxygen atoms in total. The summed E-state index contributed by atoms with van der Waals surface area (Å²) in [5, 5.41) is 3.76. The predicted octanol–water partition coefficient (Wildman–Crippen LogP) is 2.77. The van der Waals surface area contributed by atoms with Crippen LogP contribution < -0.4 is 5.32 Å². The van der Waals surface area contributed by atoms with E-state index >= 15 is 0 Å². The molecule has 0 aliphatic rings. The maximum absolute atomic E-state index is 12.6. The molecule has 0 unspecified atom stereocenters. The summed E-state index contributed by atoms with van der Waals surface area (Å²) in [5.41, 5.74) is 2.15. The van der Waals surface area contributed by atoms with E-state index in [-0.39, 0.29) is 18.2 Å². The van der Waals surface area contributed by atoms with E-state index in [0.29, 0.717) is 22.7 Å². The van der Waals surface area contributed by atoms with Gasteiger partial charge in [-0.05, 0) is 30.3 Å². The second-order valence-corrected chi connectivity index (χ2v) is 8.75. The van der Waals surface area contributed by atoms with Gasteiger partial charge in [-0.3, -0.25) is 4.79 Å². The van der Waals surface area contributed by atoms with Crippen molar-refractivity contribution in [1.29, 1.82) is 0 Å². The first-order valence-electron chi connectivity index (χ1n) is 8.66. The molecule has 0 spiro atoms. The van der Waals surface area contributed by atoms with Crippen molar-refractivity contribution in [3.63, 3.8) is 0 Å². The van der Waals surface area contributed by atoms with Crippen molar-refractivity contribution in [2.24, 2.45) is 0 Å². The third kappa shape index (κ3) is 3.86. The molecule has 2 aromatic heterocycles. The van der Waals surface area contributed by atoms with Crippen molar-refractivity contribution in [1.82, 2.24) is 14.5 Å². The van der Waals surface area contributed by atoms with Gasteiger partial charge in [-0.1, -0.05) is 30.3 Å². The zero-order valence-corrected chi connectivity index (χ0v) is 16.0. The number of fused-ring (bicyclic) bond motifs is 2. The number of sulfone groups is 1. The smallest absolute Gasteiger partial charge is 0.245 e. The fraction of sp³-hybridized carbons (Fsp3) is 0.150. The Balaban J connectivity index is 1.62. The summed E-state index contributed by atoms with van der Waals surface area (Å²) in [7, 11) is -3.29. The number of hydrogen-bond donors (Lipinski definition) is 1. The van der Waals surface area contributed by atoms with Crippen molar-refractivity contribution >= 4 is 43.5 Å². The van der Waals surface area contributed by atoms with Crippen LogP contribution in [-0.4, -0.2) is 35.1 Å². The lowest BCUT2D eigenvalue weighted by Gasteiger charge is -2.10. The molecule has 0 aliphatic carbocycles. The van der Waals surface area contributed by atoms with Crippen molar-refractivity contribution in [2.75, 3.05) is 11.6 Å². The highest BCUT2D eigenvalue weighted by Crippen LogP contribution is 2.19. The minimum Gasteiger partial charge on any atom is -0.318 e. The first kappa shape index (κ1) is 18.1. The Morgan fingerprint density at radius 1 is 0.964 bits per heavy atom. The van der Waals surface area contributed by atoms with Crippen LogP contribution in [0, 0.1) is 0 Å². The molecular formula is C20H18N4O3S. The summed E-state index contributed by atoms with van der Waals surface area (Å²) in [4.78, 5) is 21.5. The quantitative estimate of drug-likeness (QED) is 0.562. The first-order chi connectivity index (χ1) is 13.4. The third-order valence-electron chi connectivity index (χ3n) is 4.29. The maximum Gasteiger partial charge on any atom is 0.245 e. The Morgan fingerprint density at radius 3 is 2.46 bits per heavy atom. The van der Waals surface area contributed by atoms with Gasteiger partial charge >= 0.3 is 0 Å². The Morgan fingerprint density at radius 2 is 1.68 bits per heavy atom. The normalized spacial score (nSPS) is 11.8. The van der Waals surface area contributed by atoms with Gasteiger partial charge < -0.3 is 9.88 Å². The van der Waals surface area contributed by atoms with Gasteiger partial charge in [0, 0.05) is 11.6 Å². The van der Waals surface area contributed by atoms with Gasteiger partial charge in [0.05, 0.1) is 16.6 Å². The Kier molecular flexibility index (Phi) is 4.56. The molecule has 0 fully saturated rings. The highest BCUT2D eigenvalue weighted by molar-refractivity contribution is 7.89. The zero-order chi connectivity index (χ0) is 19.7. The van der Waals surface area contributed by atoms with E-state index in [9.17, 15) is 13.2 Å². The highest BCUT2D eigenvalue weighted by Gasteiger charge is 2.17. The van der Waals surface area contributed by atoms with Gasteiger partial charge in [0.1, 0.15) is 23.9 Å². The van der Waals surface area contributed by atoms with Crippen molar-refractivity contribution in [3.05, 3.63) is 66.5 Å². The van der Waals surface area contributed by atoms with Crippen LogP contribution in [0.1, 0.15) is 5.82 Å². The average Bonchev–Trinajstić information content (AvgIpc) is 2.97. The molecule has 4 rings (SSSR count). The van der Waals surface area contributed by atoms with Crippen LogP contribution in [0.2, 0.25) is 0 Å². The lowest BCUT2D eigenvalue weighted by atomic mass is 10.2. The monoisotopic (exact) mass is 394 g/mol. The van der Waals surface area contributed by atoms with Crippen LogP contribution in [0.25, 0.3) is 21.9 Å². The first-order valence-corrected chi connectivity index (χ1v) is 10.7. The maximum atomic E-state index is 12.6. The van der Waals surface area contributed by atoms with Crippen molar-refractivity contribution < 1.29 is 13.2 Å². The Hall–Kier alpha value is -3.26. The minimum atomic E-state index is -3.29. The number of hydrogen-bond acceptors (Lipinski definition) is 5. The number of carbonyl (C=O) groups is 1. The van der Waals surface area contributed by atoms with Crippen LogP contribution in [-0.2, 0) is 26.9 Å². The molecule has 0 radical (unpaired) electrons. The molecule has 0 saturated heterocycles. The van der Waals surface area contributed by atoms with E-state index in [2.05, 4.69) is 15.3 Å². The van der Waals surface area contributed by atoms with Gasteiger partial charge in [-0.2, -0.15) is 0 Å². The second kappa shape index (κ2) is 7.05. The van der Waals surface area contributed by atoms with Gasteiger partial charge in [-0.25, -0.2) is 18.4 Å². The molecule has 142 valence electrons.